The van der Waals surface area contributed by atoms with E-state index in [0.717, 1.165) is 16.5 Å². The summed E-state index contributed by atoms with van der Waals surface area (Å²) >= 11 is 0. The molecular weight excluding hydrogens is 376 g/mol. The molecule has 1 heterocycles. The lowest BCUT2D eigenvalue weighted by Crippen LogP contribution is -2.10. The Hall–Kier alpha value is -2.73. The van der Waals surface area contributed by atoms with Crippen molar-refractivity contribution in [2.45, 2.75) is 38.2 Å². The van der Waals surface area contributed by atoms with Crippen molar-refractivity contribution in [1.82, 2.24) is 0 Å². The first-order chi connectivity index (χ1) is 13.3. The molecule has 28 heavy (non-hydrogen) atoms. The molecule has 3 aromatic rings. The van der Waals surface area contributed by atoms with Crippen LogP contribution < -0.4 is 5.63 Å². The summed E-state index contributed by atoms with van der Waals surface area (Å²) in [6.07, 6.45) is 1.51. The Balaban J connectivity index is 1.96. The Morgan fingerprint density at radius 2 is 1.89 bits per heavy atom. The molecule has 0 fully saturated rings. The van der Waals surface area contributed by atoms with E-state index in [-0.39, 0.29) is 12.2 Å². The number of fused-ring (bicyclic) bond motifs is 1. The number of hydrogen-bond donors (Lipinski definition) is 0. The van der Waals surface area contributed by atoms with Gasteiger partial charge in [-0.1, -0.05) is 26.0 Å². The highest BCUT2D eigenvalue weighted by Gasteiger charge is 2.17. The van der Waals surface area contributed by atoms with Gasteiger partial charge in [-0.25, -0.2) is 9.59 Å². The van der Waals surface area contributed by atoms with Crippen molar-refractivity contribution in [3.8, 4) is 0 Å². The minimum Gasteiger partial charge on any atom is -0.457 e. The summed E-state index contributed by atoms with van der Waals surface area (Å²) in [5, 5.41) is 0.744. The third kappa shape index (κ3) is 4.07. The highest BCUT2D eigenvalue weighted by atomic mass is 32.2. The molecule has 0 N–H and O–H groups in total. The SMILES string of the molecule is Cc1cc2oc(=O)cc(COC(=O)c3ccccc3[S@@](C)=O)c2cc1C(C)C. The summed E-state index contributed by atoms with van der Waals surface area (Å²) in [4.78, 5) is 24.9. The van der Waals surface area contributed by atoms with Crippen LogP contribution in [0.2, 0.25) is 0 Å². The highest BCUT2D eigenvalue weighted by molar-refractivity contribution is 7.84. The fourth-order valence-electron chi connectivity index (χ4n) is 3.24. The average Bonchev–Trinajstić information content (AvgIpc) is 2.64. The van der Waals surface area contributed by atoms with Crippen molar-refractivity contribution in [2.75, 3.05) is 6.26 Å². The molecule has 0 aliphatic carbocycles. The van der Waals surface area contributed by atoms with Crippen LogP contribution in [0, 0.1) is 6.92 Å². The van der Waals surface area contributed by atoms with E-state index < -0.39 is 22.4 Å². The normalized spacial score (nSPS) is 12.3. The number of benzene rings is 2. The molecule has 0 bridgehead atoms. The number of aryl methyl sites for hydroxylation is 1. The van der Waals surface area contributed by atoms with E-state index in [1.807, 2.05) is 19.1 Å². The fraction of sp³-hybridized carbons (Fsp3) is 0.273. The molecule has 0 radical (unpaired) electrons. The number of carbonyl (C=O) groups excluding carboxylic acids is 1. The Morgan fingerprint density at radius 1 is 1.18 bits per heavy atom. The van der Waals surface area contributed by atoms with Crippen molar-refractivity contribution >= 4 is 27.7 Å². The second kappa shape index (κ2) is 8.10. The smallest absolute Gasteiger partial charge is 0.339 e. The predicted octanol–water partition coefficient (Wildman–Crippen LogP) is 4.32. The predicted molar refractivity (Wildman–Crippen MR) is 109 cm³/mol. The van der Waals surface area contributed by atoms with Gasteiger partial charge in [-0.15, -0.1) is 0 Å². The molecule has 3 rings (SSSR count). The van der Waals surface area contributed by atoms with E-state index in [1.54, 1.807) is 24.3 Å². The number of rotatable bonds is 5. The van der Waals surface area contributed by atoms with Gasteiger partial charge in [-0.3, -0.25) is 4.21 Å². The minimum absolute atomic E-state index is 0.0772. The summed E-state index contributed by atoms with van der Waals surface area (Å²) in [6.45, 7) is 6.08. The third-order valence-corrected chi connectivity index (χ3v) is 5.59. The zero-order chi connectivity index (χ0) is 20.4. The molecule has 0 aliphatic rings. The van der Waals surface area contributed by atoms with Gasteiger partial charge in [-0.2, -0.15) is 0 Å². The second-order valence-electron chi connectivity index (χ2n) is 6.98. The van der Waals surface area contributed by atoms with Crippen molar-refractivity contribution < 1.29 is 18.2 Å². The summed E-state index contributed by atoms with van der Waals surface area (Å²) in [6, 6.07) is 11.8. The van der Waals surface area contributed by atoms with Crippen molar-refractivity contribution in [3.63, 3.8) is 0 Å². The zero-order valence-corrected chi connectivity index (χ0v) is 17.1. The molecule has 2 aromatic carbocycles. The standard InChI is InChI=1S/C22H22O5S/c1-13(2)17-11-18-15(10-21(23)27-19(18)9-14(17)3)12-26-22(24)16-7-5-6-8-20(16)28(4)25/h5-11,13H,12H2,1-4H3/t28-/m1/s1. The van der Waals surface area contributed by atoms with Crippen molar-refractivity contribution in [2.24, 2.45) is 0 Å². The topological polar surface area (TPSA) is 73.6 Å². The Bertz CT molecular complexity index is 1130. The van der Waals surface area contributed by atoms with Gasteiger partial charge < -0.3 is 9.15 Å². The van der Waals surface area contributed by atoms with Crippen molar-refractivity contribution in [1.29, 1.82) is 0 Å². The molecule has 0 unspecified atom stereocenters. The van der Waals surface area contributed by atoms with Crippen LogP contribution in [0.25, 0.3) is 11.0 Å². The first-order valence-corrected chi connectivity index (χ1v) is 10.5. The molecule has 0 aliphatic heterocycles. The molecule has 1 aromatic heterocycles. The third-order valence-electron chi connectivity index (χ3n) is 4.61. The number of ether oxygens (including phenoxy) is 1. The number of esters is 1. The molecule has 146 valence electrons. The van der Waals surface area contributed by atoms with Crippen LogP contribution in [-0.2, 0) is 22.1 Å². The second-order valence-corrected chi connectivity index (χ2v) is 8.32. The van der Waals surface area contributed by atoms with E-state index in [9.17, 15) is 13.8 Å². The molecule has 0 amide bonds. The maximum atomic E-state index is 12.5. The first kappa shape index (κ1) is 20.0. The maximum Gasteiger partial charge on any atom is 0.339 e. The van der Waals surface area contributed by atoms with Gasteiger partial charge in [-0.05, 0) is 48.2 Å². The highest BCUT2D eigenvalue weighted by Crippen LogP contribution is 2.27. The molecule has 6 heteroatoms. The molecule has 0 spiro atoms. The van der Waals surface area contributed by atoms with Gasteiger partial charge in [0.15, 0.2) is 0 Å². The first-order valence-electron chi connectivity index (χ1n) is 8.94. The van der Waals surface area contributed by atoms with Crippen LogP contribution in [0.15, 0.2) is 56.6 Å². The molecule has 5 nitrogen and oxygen atoms in total. The van der Waals surface area contributed by atoms with E-state index in [4.69, 9.17) is 9.15 Å². The van der Waals surface area contributed by atoms with Gasteiger partial charge in [0.25, 0.3) is 0 Å². The summed E-state index contributed by atoms with van der Waals surface area (Å²) in [5.41, 5.74) is 2.99. The van der Waals surface area contributed by atoms with E-state index in [2.05, 4.69) is 13.8 Å². The van der Waals surface area contributed by atoms with Gasteiger partial charge in [0, 0.05) is 23.3 Å². The lowest BCUT2D eigenvalue weighted by Gasteiger charge is -2.13. The van der Waals surface area contributed by atoms with Crippen molar-refractivity contribution in [3.05, 3.63) is 75.1 Å². The maximum absolute atomic E-state index is 12.5. The monoisotopic (exact) mass is 398 g/mol. The Kier molecular flexibility index (Phi) is 5.79. The van der Waals surface area contributed by atoms with Crippen LogP contribution in [0.5, 0.6) is 0 Å². The Labute approximate surface area is 165 Å². The number of carbonyl (C=O) groups is 1. The Morgan fingerprint density at radius 3 is 2.57 bits per heavy atom. The van der Waals surface area contributed by atoms with E-state index in [0.29, 0.717) is 22.0 Å². The van der Waals surface area contributed by atoms with E-state index in [1.165, 1.54) is 12.3 Å². The largest absolute Gasteiger partial charge is 0.457 e. The quantitative estimate of drug-likeness (QED) is 0.473. The van der Waals surface area contributed by atoms with Crippen LogP contribution in [0.3, 0.4) is 0 Å². The van der Waals surface area contributed by atoms with E-state index >= 15 is 0 Å². The van der Waals surface area contributed by atoms with Crippen LogP contribution in [-0.4, -0.2) is 16.4 Å². The lowest BCUT2D eigenvalue weighted by atomic mass is 9.95. The van der Waals surface area contributed by atoms with Gasteiger partial charge in [0.05, 0.1) is 21.3 Å². The van der Waals surface area contributed by atoms with Crippen LogP contribution in [0.1, 0.15) is 46.8 Å². The molecule has 1 atom stereocenters. The fourth-order valence-corrected chi connectivity index (χ4v) is 3.97. The van der Waals surface area contributed by atoms with Crippen LogP contribution >= 0.6 is 0 Å². The summed E-state index contributed by atoms with van der Waals surface area (Å²) in [5.74, 6) is -0.276. The van der Waals surface area contributed by atoms with Gasteiger partial charge >= 0.3 is 11.6 Å². The molecule has 0 saturated heterocycles. The zero-order valence-electron chi connectivity index (χ0n) is 16.3. The summed E-state index contributed by atoms with van der Waals surface area (Å²) < 4.78 is 22.6. The van der Waals surface area contributed by atoms with Crippen LogP contribution in [0.4, 0.5) is 0 Å². The van der Waals surface area contributed by atoms with Gasteiger partial charge in [0.2, 0.25) is 0 Å². The molecular formula is C22H22O5S. The number of hydrogen-bond acceptors (Lipinski definition) is 5. The van der Waals surface area contributed by atoms with Gasteiger partial charge in [0.1, 0.15) is 12.2 Å². The lowest BCUT2D eigenvalue weighted by molar-refractivity contribution is 0.0469. The molecule has 0 saturated carbocycles. The summed E-state index contributed by atoms with van der Waals surface area (Å²) in [7, 11) is -1.31. The minimum atomic E-state index is -1.31. The average molecular weight is 398 g/mol.